The highest BCUT2D eigenvalue weighted by molar-refractivity contribution is 6.01. The average Bonchev–Trinajstić information content (AvgIpc) is 2.86. The van der Waals surface area contributed by atoms with Gasteiger partial charge in [-0.3, -0.25) is 9.59 Å². The molecule has 0 aliphatic heterocycles. The number of pyridine rings is 1. The summed E-state index contributed by atoms with van der Waals surface area (Å²) in [5.41, 5.74) is 0.308. The second-order valence-electron chi connectivity index (χ2n) is 9.76. The third-order valence-electron chi connectivity index (χ3n) is 6.71. The number of nitrogens with one attached hydrogen (secondary N) is 3. The number of carbonyl (C=O) groups is 2. The molecule has 0 bridgehead atoms. The number of aromatic nitrogens is 1. The van der Waals surface area contributed by atoms with Crippen LogP contribution in [0.25, 0.3) is 0 Å². The number of carbonyl (C=O) groups excluding carboxylic acids is 2. The molecule has 0 radical (unpaired) electrons. The number of rotatable bonds is 10. The summed E-state index contributed by atoms with van der Waals surface area (Å²) in [6.45, 7) is 1.97. The maximum absolute atomic E-state index is 13.4. The smallest absolute Gasteiger partial charge is 0.352 e. The van der Waals surface area contributed by atoms with E-state index in [0.717, 1.165) is 24.1 Å². The second-order valence-corrected chi connectivity index (χ2v) is 9.76. The molecule has 1 saturated carbocycles. The molecule has 2 amide bonds. The van der Waals surface area contributed by atoms with Gasteiger partial charge in [0.1, 0.15) is 11.9 Å². The van der Waals surface area contributed by atoms with Gasteiger partial charge in [0.25, 0.3) is 5.91 Å². The molecule has 1 aliphatic rings. The first kappa shape index (κ1) is 27.2. The fourth-order valence-electron chi connectivity index (χ4n) is 4.52. The van der Waals surface area contributed by atoms with E-state index in [1.165, 1.54) is 43.7 Å². The van der Waals surface area contributed by atoms with E-state index < -0.39 is 23.7 Å². The highest BCUT2D eigenvalue weighted by atomic mass is 19.4. The Hall–Kier alpha value is -3.88. The van der Waals surface area contributed by atoms with Crippen molar-refractivity contribution >= 4 is 23.3 Å². The van der Waals surface area contributed by atoms with E-state index in [-0.39, 0.29) is 35.4 Å². The lowest BCUT2D eigenvalue weighted by Crippen LogP contribution is -2.50. The first-order valence-corrected chi connectivity index (χ1v) is 12.7. The van der Waals surface area contributed by atoms with Crippen molar-refractivity contribution < 1.29 is 22.8 Å². The van der Waals surface area contributed by atoms with E-state index in [2.05, 4.69) is 20.9 Å². The summed E-state index contributed by atoms with van der Waals surface area (Å²) >= 11 is 0. The van der Waals surface area contributed by atoms with Gasteiger partial charge in [-0.05, 0) is 55.2 Å². The normalized spacial score (nSPS) is 15.2. The van der Waals surface area contributed by atoms with Crippen molar-refractivity contribution in [2.45, 2.75) is 57.3 Å². The zero-order valence-corrected chi connectivity index (χ0v) is 21.1. The van der Waals surface area contributed by atoms with Crippen molar-refractivity contribution in [1.29, 1.82) is 0 Å². The summed E-state index contributed by atoms with van der Waals surface area (Å²) in [5.74, 6) is -0.144. The van der Waals surface area contributed by atoms with E-state index in [1.807, 2.05) is 37.3 Å². The maximum Gasteiger partial charge on any atom is 0.416 e. The largest absolute Gasteiger partial charge is 0.416 e. The van der Waals surface area contributed by atoms with E-state index in [0.29, 0.717) is 5.92 Å². The molecule has 4 rings (SSSR count). The van der Waals surface area contributed by atoms with Gasteiger partial charge in [-0.1, -0.05) is 55.7 Å². The van der Waals surface area contributed by atoms with E-state index >= 15 is 0 Å². The fourth-order valence-corrected chi connectivity index (χ4v) is 4.52. The Morgan fingerprint density at radius 2 is 1.76 bits per heavy atom. The van der Waals surface area contributed by atoms with Crippen molar-refractivity contribution in [3.8, 4) is 0 Å². The summed E-state index contributed by atoms with van der Waals surface area (Å²) in [6.07, 6.45) is 1.68. The zero-order valence-electron chi connectivity index (χ0n) is 21.1. The van der Waals surface area contributed by atoms with Crippen molar-refractivity contribution in [3.63, 3.8) is 0 Å². The average molecular weight is 525 g/mol. The molecule has 3 aromatic rings. The quantitative estimate of drug-likeness (QED) is 0.309. The minimum absolute atomic E-state index is 0.0282. The van der Waals surface area contributed by atoms with Crippen LogP contribution >= 0.6 is 0 Å². The molecular weight excluding hydrogens is 493 g/mol. The Balaban J connectivity index is 1.51. The van der Waals surface area contributed by atoms with Crippen molar-refractivity contribution in [2.24, 2.45) is 5.92 Å². The lowest BCUT2D eigenvalue weighted by molar-refractivity contribution is -0.137. The van der Waals surface area contributed by atoms with Gasteiger partial charge in [0.05, 0.1) is 11.1 Å². The molecule has 9 heteroatoms. The van der Waals surface area contributed by atoms with Gasteiger partial charge in [0, 0.05) is 24.3 Å². The lowest BCUT2D eigenvalue weighted by atomic mass is 9.81. The van der Waals surface area contributed by atoms with E-state index in [4.69, 9.17) is 0 Å². The Kier molecular flexibility index (Phi) is 8.66. The molecule has 1 aromatic heterocycles. The van der Waals surface area contributed by atoms with Crippen LogP contribution in [0.1, 0.15) is 54.1 Å². The van der Waals surface area contributed by atoms with Crippen LogP contribution in [0.4, 0.5) is 24.7 Å². The Morgan fingerprint density at radius 3 is 2.45 bits per heavy atom. The molecule has 38 heavy (non-hydrogen) atoms. The van der Waals surface area contributed by atoms with Gasteiger partial charge < -0.3 is 16.0 Å². The molecule has 2 atom stereocenters. The number of halogens is 3. The predicted molar refractivity (Wildman–Crippen MR) is 140 cm³/mol. The summed E-state index contributed by atoms with van der Waals surface area (Å²) in [7, 11) is 0. The number of alkyl halides is 3. The van der Waals surface area contributed by atoms with E-state index in [9.17, 15) is 22.8 Å². The molecular formula is C29H31F3N4O2. The monoisotopic (exact) mass is 524 g/mol. The SMILES string of the molecule is CC(CC1CCC1)NC(=O)[C@H](Cc1ccccc1)NC(=O)c1cccnc1Nc1cccc(C(F)(F)F)c1. The first-order chi connectivity index (χ1) is 18.2. The minimum Gasteiger partial charge on any atom is -0.352 e. The Labute approximate surface area is 220 Å². The maximum atomic E-state index is 13.4. The number of benzene rings is 2. The third kappa shape index (κ3) is 7.34. The summed E-state index contributed by atoms with van der Waals surface area (Å²) in [6, 6.07) is 16.2. The first-order valence-electron chi connectivity index (χ1n) is 12.7. The highest BCUT2D eigenvalue weighted by Crippen LogP contribution is 2.32. The highest BCUT2D eigenvalue weighted by Gasteiger charge is 2.31. The molecule has 6 nitrogen and oxygen atoms in total. The van der Waals surface area contributed by atoms with Gasteiger partial charge in [-0.25, -0.2) is 4.98 Å². The summed E-state index contributed by atoms with van der Waals surface area (Å²) in [4.78, 5) is 30.8. The molecule has 1 unspecified atom stereocenters. The van der Waals surface area contributed by atoms with Gasteiger partial charge in [0.2, 0.25) is 5.91 Å². The van der Waals surface area contributed by atoms with Crippen molar-refractivity contribution in [2.75, 3.05) is 5.32 Å². The van der Waals surface area contributed by atoms with Gasteiger partial charge >= 0.3 is 6.18 Å². The van der Waals surface area contributed by atoms with E-state index in [1.54, 1.807) is 6.07 Å². The number of amides is 2. The van der Waals surface area contributed by atoms with Crippen LogP contribution in [0.5, 0.6) is 0 Å². The standard InChI is InChI=1S/C29H31F3N4O2/c1-19(16-20-10-5-11-20)34-28(38)25(17-21-8-3-2-4-9-21)36-27(37)24-14-7-15-33-26(24)35-23-13-6-12-22(18-23)29(30,31)32/h2-4,6-9,12-15,18-20,25H,5,10-11,16-17H2,1H3,(H,33,35)(H,34,38)(H,36,37)/t19?,25-/m0/s1. The van der Waals surface area contributed by atoms with Crippen LogP contribution in [0.3, 0.4) is 0 Å². The molecule has 1 fully saturated rings. The van der Waals surface area contributed by atoms with Crippen LogP contribution in [0.15, 0.2) is 72.9 Å². The summed E-state index contributed by atoms with van der Waals surface area (Å²) in [5, 5.41) is 8.67. The predicted octanol–water partition coefficient (Wildman–Crippen LogP) is 5.88. The topological polar surface area (TPSA) is 83.1 Å². The molecule has 0 spiro atoms. The molecule has 3 N–H and O–H groups in total. The van der Waals surface area contributed by atoms with Crippen LogP contribution in [0, 0.1) is 5.92 Å². The fraction of sp³-hybridized carbons (Fsp3) is 0.345. The third-order valence-corrected chi connectivity index (χ3v) is 6.71. The molecule has 2 aromatic carbocycles. The second kappa shape index (κ2) is 12.1. The molecule has 1 heterocycles. The zero-order chi connectivity index (χ0) is 27.1. The van der Waals surface area contributed by atoms with Gasteiger partial charge in [0.15, 0.2) is 0 Å². The summed E-state index contributed by atoms with van der Waals surface area (Å²) < 4.78 is 39.5. The Morgan fingerprint density at radius 1 is 1.00 bits per heavy atom. The Bertz CT molecular complexity index is 1250. The van der Waals surface area contributed by atoms with Crippen molar-refractivity contribution in [1.82, 2.24) is 15.6 Å². The molecule has 200 valence electrons. The molecule has 1 aliphatic carbocycles. The number of nitrogens with zero attached hydrogens (tertiary/aromatic N) is 1. The number of anilines is 2. The number of hydrogen-bond donors (Lipinski definition) is 3. The van der Waals surface area contributed by atoms with Crippen LogP contribution in [-0.2, 0) is 17.4 Å². The van der Waals surface area contributed by atoms with Crippen LogP contribution < -0.4 is 16.0 Å². The van der Waals surface area contributed by atoms with Crippen LogP contribution in [-0.4, -0.2) is 28.9 Å². The minimum atomic E-state index is -4.50. The van der Waals surface area contributed by atoms with Gasteiger partial charge in [-0.2, -0.15) is 13.2 Å². The van der Waals surface area contributed by atoms with Gasteiger partial charge in [-0.15, -0.1) is 0 Å². The lowest BCUT2D eigenvalue weighted by Gasteiger charge is -2.29. The molecule has 0 saturated heterocycles. The van der Waals surface area contributed by atoms with Crippen LogP contribution in [0.2, 0.25) is 0 Å². The number of hydrogen-bond acceptors (Lipinski definition) is 4. The van der Waals surface area contributed by atoms with Crippen molar-refractivity contribution in [3.05, 3.63) is 89.6 Å².